The van der Waals surface area contributed by atoms with E-state index in [1.807, 2.05) is 0 Å². The van der Waals surface area contributed by atoms with Gasteiger partial charge in [-0.3, -0.25) is 0 Å². The van der Waals surface area contributed by atoms with Gasteiger partial charge in [0.05, 0.1) is 0 Å². The molecule has 3 fully saturated rings. The molecule has 92 valence electrons. The summed E-state index contributed by atoms with van der Waals surface area (Å²) in [7, 11) is 2.29. The first kappa shape index (κ1) is 11.0. The molecule has 2 aliphatic heterocycles. The molecule has 0 bridgehead atoms. The zero-order valence-electron chi connectivity index (χ0n) is 10.5. The number of likely N-dealkylation sites (N-methyl/N-ethyl adjacent to an activating group) is 1. The van der Waals surface area contributed by atoms with Crippen LogP contribution in [-0.4, -0.2) is 61.2 Å². The SMILES string of the molecule is CN1CCCC1CN1CCC(NC2CC2)C1. The molecule has 1 N–H and O–H groups in total. The number of likely N-dealkylation sites (tertiary alicyclic amines) is 2. The van der Waals surface area contributed by atoms with Gasteiger partial charge in [-0.25, -0.2) is 0 Å². The minimum Gasteiger partial charge on any atom is -0.310 e. The molecule has 16 heavy (non-hydrogen) atoms. The molecule has 3 heteroatoms. The molecule has 0 radical (unpaired) electrons. The van der Waals surface area contributed by atoms with Crippen molar-refractivity contribution in [2.24, 2.45) is 0 Å². The summed E-state index contributed by atoms with van der Waals surface area (Å²) >= 11 is 0. The Morgan fingerprint density at radius 1 is 1.06 bits per heavy atom. The van der Waals surface area contributed by atoms with Gasteiger partial charge in [-0.2, -0.15) is 0 Å². The predicted molar refractivity (Wildman–Crippen MR) is 66.7 cm³/mol. The van der Waals surface area contributed by atoms with Crippen molar-refractivity contribution >= 4 is 0 Å². The molecule has 1 saturated carbocycles. The summed E-state index contributed by atoms with van der Waals surface area (Å²) in [5.74, 6) is 0. The summed E-state index contributed by atoms with van der Waals surface area (Å²) in [4.78, 5) is 5.22. The lowest BCUT2D eigenvalue weighted by atomic mass is 10.2. The van der Waals surface area contributed by atoms with Crippen LogP contribution < -0.4 is 5.32 Å². The van der Waals surface area contributed by atoms with Crippen molar-refractivity contribution < 1.29 is 0 Å². The van der Waals surface area contributed by atoms with Crippen molar-refractivity contribution in [2.45, 2.75) is 50.2 Å². The molecule has 0 aromatic heterocycles. The van der Waals surface area contributed by atoms with E-state index in [4.69, 9.17) is 0 Å². The van der Waals surface area contributed by atoms with Crippen molar-refractivity contribution in [3.63, 3.8) is 0 Å². The van der Waals surface area contributed by atoms with Crippen LogP contribution >= 0.6 is 0 Å². The minimum atomic E-state index is 0.791. The Morgan fingerprint density at radius 3 is 2.62 bits per heavy atom. The Labute approximate surface area is 99.2 Å². The lowest BCUT2D eigenvalue weighted by molar-refractivity contribution is 0.217. The molecule has 2 saturated heterocycles. The van der Waals surface area contributed by atoms with E-state index in [-0.39, 0.29) is 0 Å². The van der Waals surface area contributed by atoms with Crippen LogP contribution in [-0.2, 0) is 0 Å². The van der Waals surface area contributed by atoms with E-state index in [1.54, 1.807) is 0 Å². The highest BCUT2D eigenvalue weighted by molar-refractivity contribution is 4.91. The number of rotatable bonds is 4. The molecule has 0 aromatic rings. The molecule has 3 aliphatic rings. The summed E-state index contributed by atoms with van der Waals surface area (Å²) in [6.07, 6.45) is 7.02. The van der Waals surface area contributed by atoms with Gasteiger partial charge in [0.1, 0.15) is 0 Å². The lowest BCUT2D eigenvalue weighted by Gasteiger charge is -2.25. The highest BCUT2D eigenvalue weighted by atomic mass is 15.2. The van der Waals surface area contributed by atoms with E-state index in [9.17, 15) is 0 Å². The quantitative estimate of drug-likeness (QED) is 0.764. The fourth-order valence-electron chi connectivity index (χ4n) is 3.23. The van der Waals surface area contributed by atoms with Gasteiger partial charge in [-0.1, -0.05) is 0 Å². The molecule has 0 amide bonds. The third-order valence-electron chi connectivity index (χ3n) is 4.46. The van der Waals surface area contributed by atoms with Gasteiger partial charge < -0.3 is 15.1 Å². The third kappa shape index (κ3) is 2.58. The molecule has 2 heterocycles. The summed E-state index contributed by atoms with van der Waals surface area (Å²) in [5.41, 5.74) is 0. The Kier molecular flexibility index (Phi) is 3.18. The van der Waals surface area contributed by atoms with Gasteiger partial charge in [-0.05, 0) is 52.2 Å². The van der Waals surface area contributed by atoms with E-state index >= 15 is 0 Å². The van der Waals surface area contributed by atoms with E-state index in [1.165, 1.54) is 58.3 Å². The van der Waals surface area contributed by atoms with Crippen molar-refractivity contribution in [1.82, 2.24) is 15.1 Å². The molecular formula is C13H25N3. The molecule has 3 nitrogen and oxygen atoms in total. The fourth-order valence-corrected chi connectivity index (χ4v) is 3.23. The van der Waals surface area contributed by atoms with E-state index in [0.29, 0.717) is 0 Å². The van der Waals surface area contributed by atoms with Crippen LogP contribution in [0.15, 0.2) is 0 Å². The van der Waals surface area contributed by atoms with Crippen molar-refractivity contribution in [3.8, 4) is 0 Å². The Morgan fingerprint density at radius 2 is 1.94 bits per heavy atom. The molecule has 0 aromatic carbocycles. The summed E-state index contributed by atoms with van der Waals surface area (Å²) in [5, 5.41) is 3.76. The fraction of sp³-hybridized carbons (Fsp3) is 1.00. The molecule has 0 spiro atoms. The zero-order valence-corrected chi connectivity index (χ0v) is 10.5. The molecule has 2 unspecified atom stereocenters. The third-order valence-corrected chi connectivity index (χ3v) is 4.46. The highest BCUT2D eigenvalue weighted by Crippen LogP contribution is 2.23. The minimum absolute atomic E-state index is 0.791. The maximum atomic E-state index is 3.76. The number of hydrogen-bond acceptors (Lipinski definition) is 3. The summed E-state index contributed by atoms with van der Waals surface area (Å²) < 4.78 is 0. The van der Waals surface area contributed by atoms with Gasteiger partial charge in [0.2, 0.25) is 0 Å². The van der Waals surface area contributed by atoms with E-state index in [0.717, 1.165) is 18.1 Å². The van der Waals surface area contributed by atoms with Crippen LogP contribution in [0.25, 0.3) is 0 Å². The Hall–Kier alpha value is -0.120. The second-order valence-corrected chi connectivity index (χ2v) is 5.96. The van der Waals surface area contributed by atoms with Gasteiger partial charge in [-0.15, -0.1) is 0 Å². The van der Waals surface area contributed by atoms with Crippen LogP contribution in [0, 0.1) is 0 Å². The highest BCUT2D eigenvalue weighted by Gasteiger charge is 2.31. The summed E-state index contributed by atoms with van der Waals surface area (Å²) in [6.45, 7) is 5.22. The predicted octanol–water partition coefficient (Wildman–Crippen LogP) is 0.907. The largest absolute Gasteiger partial charge is 0.310 e. The average molecular weight is 223 g/mol. The Balaban J connectivity index is 1.42. The van der Waals surface area contributed by atoms with E-state index in [2.05, 4.69) is 22.2 Å². The standard InChI is InChI=1S/C13H25N3/c1-15-7-2-3-13(15)10-16-8-6-12(9-16)14-11-4-5-11/h11-14H,2-10H2,1H3. The molecule has 3 rings (SSSR count). The van der Waals surface area contributed by atoms with Gasteiger partial charge in [0.15, 0.2) is 0 Å². The Bertz CT molecular complexity index is 239. The van der Waals surface area contributed by atoms with Crippen molar-refractivity contribution in [2.75, 3.05) is 33.2 Å². The van der Waals surface area contributed by atoms with Crippen LogP contribution in [0.5, 0.6) is 0 Å². The number of nitrogens with zero attached hydrogens (tertiary/aromatic N) is 2. The molecule has 2 atom stereocenters. The normalized spacial score (nSPS) is 37.3. The van der Waals surface area contributed by atoms with Gasteiger partial charge in [0, 0.05) is 31.2 Å². The van der Waals surface area contributed by atoms with Gasteiger partial charge >= 0.3 is 0 Å². The molecular weight excluding hydrogens is 198 g/mol. The van der Waals surface area contributed by atoms with Gasteiger partial charge in [0.25, 0.3) is 0 Å². The van der Waals surface area contributed by atoms with Crippen LogP contribution in [0.3, 0.4) is 0 Å². The van der Waals surface area contributed by atoms with Crippen molar-refractivity contribution in [1.29, 1.82) is 0 Å². The maximum Gasteiger partial charge on any atom is 0.0220 e. The first-order valence-corrected chi connectivity index (χ1v) is 7.00. The zero-order chi connectivity index (χ0) is 11.0. The second kappa shape index (κ2) is 4.63. The van der Waals surface area contributed by atoms with Crippen LogP contribution in [0.1, 0.15) is 32.1 Å². The van der Waals surface area contributed by atoms with Crippen LogP contribution in [0.4, 0.5) is 0 Å². The first-order valence-electron chi connectivity index (χ1n) is 7.00. The van der Waals surface area contributed by atoms with Crippen molar-refractivity contribution in [3.05, 3.63) is 0 Å². The topological polar surface area (TPSA) is 18.5 Å². The first-order chi connectivity index (χ1) is 7.81. The number of hydrogen-bond donors (Lipinski definition) is 1. The van der Waals surface area contributed by atoms with E-state index < -0.39 is 0 Å². The maximum absolute atomic E-state index is 3.76. The monoisotopic (exact) mass is 223 g/mol. The number of nitrogens with one attached hydrogen (secondary N) is 1. The average Bonchev–Trinajstić information content (AvgIpc) is 2.82. The smallest absolute Gasteiger partial charge is 0.0220 e. The lowest BCUT2D eigenvalue weighted by Crippen LogP contribution is -2.39. The molecule has 1 aliphatic carbocycles. The summed E-state index contributed by atoms with van der Waals surface area (Å²) in [6, 6.07) is 2.50. The second-order valence-electron chi connectivity index (χ2n) is 5.96. The van der Waals surface area contributed by atoms with Crippen LogP contribution in [0.2, 0.25) is 0 Å².